The number of pyridine rings is 3. The van der Waals surface area contributed by atoms with E-state index in [1.54, 1.807) is 24.5 Å². The Morgan fingerprint density at radius 1 is 0.970 bits per heavy atom. The van der Waals surface area contributed by atoms with Crippen LogP contribution in [0.15, 0.2) is 67.1 Å². The zero-order chi connectivity index (χ0) is 22.2. The van der Waals surface area contributed by atoms with Gasteiger partial charge in [0.15, 0.2) is 11.5 Å². The summed E-state index contributed by atoms with van der Waals surface area (Å²) in [6, 6.07) is 15.4. The first-order valence-corrected chi connectivity index (χ1v) is 10.9. The van der Waals surface area contributed by atoms with E-state index >= 15 is 0 Å². The summed E-state index contributed by atoms with van der Waals surface area (Å²) in [6.07, 6.45) is 5.25. The van der Waals surface area contributed by atoms with E-state index in [-0.39, 0.29) is 11.6 Å². The van der Waals surface area contributed by atoms with E-state index in [0.717, 1.165) is 48.3 Å². The predicted octanol–water partition coefficient (Wildman–Crippen LogP) is 3.21. The van der Waals surface area contributed by atoms with E-state index in [4.69, 9.17) is 4.98 Å². The number of fused-ring (bicyclic) bond motifs is 2. The van der Waals surface area contributed by atoms with Gasteiger partial charge in [0.2, 0.25) is 5.78 Å². The fraction of sp³-hybridized carbons (Fsp3) is 0.160. The van der Waals surface area contributed by atoms with Gasteiger partial charge in [0.25, 0.3) is 0 Å². The zero-order valence-corrected chi connectivity index (χ0v) is 17.8. The van der Waals surface area contributed by atoms with Crippen LogP contribution in [0.1, 0.15) is 16.2 Å². The lowest BCUT2D eigenvalue weighted by molar-refractivity contribution is 0.103. The van der Waals surface area contributed by atoms with Crippen molar-refractivity contribution in [2.24, 2.45) is 0 Å². The second-order valence-corrected chi connectivity index (χ2v) is 8.03. The summed E-state index contributed by atoms with van der Waals surface area (Å²) < 4.78 is 0. The van der Waals surface area contributed by atoms with Crippen molar-refractivity contribution >= 4 is 33.5 Å². The van der Waals surface area contributed by atoms with Gasteiger partial charge in [-0.3, -0.25) is 14.8 Å². The van der Waals surface area contributed by atoms with Gasteiger partial charge < -0.3 is 15.2 Å². The maximum Gasteiger partial charge on any atom is 0.228 e. The molecule has 0 saturated carbocycles. The highest BCUT2D eigenvalue weighted by Gasteiger charge is 2.18. The van der Waals surface area contributed by atoms with Crippen LogP contribution in [0.4, 0.5) is 5.82 Å². The van der Waals surface area contributed by atoms with Crippen LogP contribution in [0.25, 0.3) is 33.2 Å². The number of hydrogen-bond donors (Lipinski definition) is 2. The number of hydrogen-bond acceptors (Lipinski definition) is 7. The normalized spacial score (nSPS) is 14.1. The Labute approximate surface area is 189 Å². The number of aromatic nitrogens is 5. The fourth-order valence-electron chi connectivity index (χ4n) is 4.24. The molecule has 0 unspecified atom stereocenters. The van der Waals surface area contributed by atoms with Crippen LogP contribution in [0.5, 0.6) is 0 Å². The molecule has 5 aromatic rings. The van der Waals surface area contributed by atoms with Crippen LogP contribution < -0.4 is 10.2 Å². The van der Waals surface area contributed by atoms with E-state index in [2.05, 4.69) is 30.2 Å². The Morgan fingerprint density at radius 3 is 2.76 bits per heavy atom. The van der Waals surface area contributed by atoms with Gasteiger partial charge in [0.1, 0.15) is 11.3 Å². The second-order valence-electron chi connectivity index (χ2n) is 8.03. The molecule has 1 saturated heterocycles. The van der Waals surface area contributed by atoms with Crippen LogP contribution >= 0.6 is 0 Å². The molecule has 2 N–H and O–H groups in total. The number of imidazole rings is 1. The largest absolute Gasteiger partial charge is 0.354 e. The highest BCUT2D eigenvalue weighted by molar-refractivity contribution is 6.08. The Hall–Kier alpha value is -4.17. The number of carbonyl (C=O) groups excluding carboxylic acids is 1. The van der Waals surface area contributed by atoms with Crippen molar-refractivity contribution in [2.45, 2.75) is 0 Å². The number of nitrogens with one attached hydrogen (secondary N) is 2. The van der Waals surface area contributed by atoms with E-state index in [1.165, 1.54) is 0 Å². The smallest absolute Gasteiger partial charge is 0.228 e. The highest BCUT2D eigenvalue weighted by atomic mass is 16.1. The summed E-state index contributed by atoms with van der Waals surface area (Å²) in [4.78, 5) is 36.6. The molecule has 0 spiro atoms. The molecular weight excluding hydrogens is 414 g/mol. The number of aromatic amines is 1. The minimum Gasteiger partial charge on any atom is -0.354 e. The van der Waals surface area contributed by atoms with Gasteiger partial charge in [0, 0.05) is 61.3 Å². The number of H-pyrrole nitrogens is 1. The molecule has 1 aromatic carbocycles. The van der Waals surface area contributed by atoms with Gasteiger partial charge in [-0.1, -0.05) is 24.3 Å². The monoisotopic (exact) mass is 435 g/mol. The molecule has 1 aliphatic heterocycles. The quantitative estimate of drug-likeness (QED) is 0.418. The van der Waals surface area contributed by atoms with E-state index in [1.807, 2.05) is 42.6 Å². The van der Waals surface area contributed by atoms with E-state index < -0.39 is 0 Å². The van der Waals surface area contributed by atoms with Crippen LogP contribution in [-0.4, -0.2) is 56.9 Å². The SMILES string of the molecule is O=C(c1ccnc(-c2cncc3ccccc23)c1)c1nc2ccc(N3CCNCC3)nc2[nH]1. The fourth-order valence-corrected chi connectivity index (χ4v) is 4.24. The first-order chi connectivity index (χ1) is 16.3. The molecule has 0 atom stereocenters. The van der Waals surface area contributed by atoms with E-state index in [9.17, 15) is 4.79 Å². The van der Waals surface area contributed by atoms with Gasteiger partial charge in [0.05, 0.1) is 5.69 Å². The van der Waals surface area contributed by atoms with Crippen molar-refractivity contribution in [3.05, 3.63) is 78.5 Å². The standard InChI is InChI=1S/C25H21N7O/c33-23(25-29-20-5-6-22(30-24(20)31-25)32-11-9-26-10-12-32)16-7-8-28-21(13-16)19-15-27-14-17-3-1-2-4-18(17)19/h1-8,13-15,26H,9-12H2,(H,29,30,31). The predicted molar refractivity (Wildman–Crippen MR) is 127 cm³/mol. The van der Waals surface area contributed by atoms with Crippen molar-refractivity contribution < 1.29 is 4.79 Å². The third-order valence-electron chi connectivity index (χ3n) is 5.95. The van der Waals surface area contributed by atoms with E-state index in [0.29, 0.717) is 22.4 Å². The summed E-state index contributed by atoms with van der Waals surface area (Å²) in [5.74, 6) is 0.957. The summed E-state index contributed by atoms with van der Waals surface area (Å²) in [6.45, 7) is 3.68. The topological polar surface area (TPSA) is 99.7 Å². The Kier molecular flexibility index (Phi) is 4.77. The molecule has 8 heteroatoms. The zero-order valence-electron chi connectivity index (χ0n) is 17.8. The molecule has 1 aliphatic rings. The first kappa shape index (κ1) is 19.5. The first-order valence-electron chi connectivity index (χ1n) is 10.9. The number of rotatable bonds is 4. The van der Waals surface area contributed by atoms with Crippen LogP contribution in [0.2, 0.25) is 0 Å². The lowest BCUT2D eigenvalue weighted by atomic mass is 10.0. The van der Waals surface area contributed by atoms with Crippen LogP contribution in [-0.2, 0) is 0 Å². The van der Waals surface area contributed by atoms with Crippen molar-refractivity contribution in [1.82, 2.24) is 30.2 Å². The summed E-state index contributed by atoms with van der Waals surface area (Å²) in [7, 11) is 0. The molecule has 8 nitrogen and oxygen atoms in total. The minimum absolute atomic E-state index is 0.200. The molecule has 6 rings (SSSR count). The molecule has 5 heterocycles. The van der Waals surface area contributed by atoms with Gasteiger partial charge in [-0.15, -0.1) is 0 Å². The molecule has 0 bridgehead atoms. The third-order valence-corrected chi connectivity index (χ3v) is 5.95. The summed E-state index contributed by atoms with van der Waals surface area (Å²) in [5.41, 5.74) is 3.37. The average molecular weight is 435 g/mol. The molecule has 1 fully saturated rings. The second kappa shape index (κ2) is 8.07. The van der Waals surface area contributed by atoms with Crippen molar-refractivity contribution in [2.75, 3.05) is 31.1 Å². The minimum atomic E-state index is -0.200. The van der Waals surface area contributed by atoms with Crippen LogP contribution in [0, 0.1) is 0 Å². The Balaban J connectivity index is 1.34. The highest BCUT2D eigenvalue weighted by Crippen LogP contribution is 2.27. The van der Waals surface area contributed by atoms with Gasteiger partial charge in [-0.2, -0.15) is 0 Å². The van der Waals surface area contributed by atoms with Crippen LogP contribution in [0.3, 0.4) is 0 Å². The number of ketones is 1. The summed E-state index contributed by atoms with van der Waals surface area (Å²) >= 11 is 0. The van der Waals surface area contributed by atoms with Crippen molar-refractivity contribution in [1.29, 1.82) is 0 Å². The molecule has 0 amide bonds. The number of nitrogens with zero attached hydrogens (tertiary/aromatic N) is 5. The Morgan fingerprint density at radius 2 is 1.85 bits per heavy atom. The Bertz CT molecular complexity index is 1480. The molecular formula is C25H21N7O. The molecule has 0 aliphatic carbocycles. The van der Waals surface area contributed by atoms with Gasteiger partial charge in [-0.25, -0.2) is 9.97 Å². The number of benzene rings is 1. The average Bonchev–Trinajstić information content (AvgIpc) is 3.32. The molecule has 33 heavy (non-hydrogen) atoms. The van der Waals surface area contributed by atoms with Gasteiger partial charge >= 0.3 is 0 Å². The van der Waals surface area contributed by atoms with Crippen molar-refractivity contribution in [3.8, 4) is 11.3 Å². The number of anilines is 1. The molecule has 162 valence electrons. The number of carbonyl (C=O) groups is 1. The summed E-state index contributed by atoms with van der Waals surface area (Å²) in [5, 5.41) is 5.41. The molecule has 0 radical (unpaired) electrons. The maximum absolute atomic E-state index is 13.3. The number of piperazine rings is 1. The lowest BCUT2D eigenvalue weighted by Crippen LogP contribution is -2.43. The lowest BCUT2D eigenvalue weighted by Gasteiger charge is -2.28. The molecule has 4 aromatic heterocycles. The van der Waals surface area contributed by atoms with Crippen molar-refractivity contribution in [3.63, 3.8) is 0 Å². The maximum atomic E-state index is 13.3. The van der Waals surface area contributed by atoms with Gasteiger partial charge in [-0.05, 0) is 29.7 Å². The third kappa shape index (κ3) is 3.60.